The second kappa shape index (κ2) is 5.95. The van der Waals surface area contributed by atoms with Gasteiger partial charge in [0.1, 0.15) is 11.6 Å². The summed E-state index contributed by atoms with van der Waals surface area (Å²) in [6, 6.07) is 3.12. The van der Waals surface area contributed by atoms with Gasteiger partial charge >= 0.3 is 6.18 Å². The summed E-state index contributed by atoms with van der Waals surface area (Å²) in [5.74, 6) is -1.35. The molecule has 0 aliphatic carbocycles. The Labute approximate surface area is 113 Å². The van der Waals surface area contributed by atoms with Crippen molar-refractivity contribution >= 4 is 5.69 Å². The number of nitrogens with one attached hydrogen (secondary N) is 1. The van der Waals surface area contributed by atoms with Gasteiger partial charge in [-0.2, -0.15) is 13.2 Å². The van der Waals surface area contributed by atoms with Crippen LogP contribution in [0.5, 0.6) is 0 Å². The van der Waals surface area contributed by atoms with Gasteiger partial charge in [0.2, 0.25) is 0 Å². The van der Waals surface area contributed by atoms with E-state index in [4.69, 9.17) is 0 Å². The van der Waals surface area contributed by atoms with E-state index in [9.17, 15) is 22.0 Å². The molecule has 0 amide bonds. The number of likely N-dealkylation sites (tertiary alicyclic amines) is 1. The average molecular weight is 294 g/mol. The summed E-state index contributed by atoms with van der Waals surface area (Å²) in [6.45, 7) is -0.301. The maximum Gasteiger partial charge on any atom is 0.401 e. The number of rotatable bonds is 3. The summed E-state index contributed by atoms with van der Waals surface area (Å²) >= 11 is 0. The number of alkyl halides is 3. The van der Waals surface area contributed by atoms with Crippen molar-refractivity contribution < 1.29 is 22.0 Å². The fraction of sp³-hybridized carbons (Fsp3) is 0.538. The molecule has 1 aliphatic heterocycles. The van der Waals surface area contributed by atoms with Crippen molar-refractivity contribution in [2.45, 2.75) is 25.1 Å². The average Bonchev–Trinajstić information content (AvgIpc) is 2.33. The highest BCUT2D eigenvalue weighted by molar-refractivity contribution is 5.45. The fourth-order valence-corrected chi connectivity index (χ4v) is 2.32. The summed E-state index contributed by atoms with van der Waals surface area (Å²) < 4.78 is 62.9. The maximum atomic E-state index is 13.4. The molecule has 0 radical (unpaired) electrons. The number of halogens is 5. The monoisotopic (exact) mass is 294 g/mol. The first kappa shape index (κ1) is 15.0. The number of piperidine rings is 1. The summed E-state index contributed by atoms with van der Waals surface area (Å²) in [6.07, 6.45) is -3.21. The molecule has 2 rings (SSSR count). The number of hydrogen-bond acceptors (Lipinski definition) is 2. The van der Waals surface area contributed by atoms with Crippen molar-refractivity contribution in [3.63, 3.8) is 0 Å². The highest BCUT2D eigenvalue weighted by atomic mass is 19.4. The van der Waals surface area contributed by atoms with Gasteiger partial charge in [0, 0.05) is 25.2 Å². The van der Waals surface area contributed by atoms with Crippen molar-refractivity contribution in [2.75, 3.05) is 25.0 Å². The number of hydrogen-bond donors (Lipinski definition) is 1. The highest BCUT2D eigenvalue weighted by Crippen LogP contribution is 2.23. The minimum absolute atomic E-state index is 0.0977. The topological polar surface area (TPSA) is 15.3 Å². The zero-order valence-electron chi connectivity index (χ0n) is 10.7. The molecule has 2 nitrogen and oxygen atoms in total. The Morgan fingerprint density at radius 3 is 2.35 bits per heavy atom. The first-order chi connectivity index (χ1) is 9.33. The van der Waals surface area contributed by atoms with Crippen LogP contribution in [0.25, 0.3) is 0 Å². The van der Waals surface area contributed by atoms with E-state index in [1.807, 2.05) is 0 Å². The van der Waals surface area contributed by atoms with Crippen LogP contribution in [-0.4, -0.2) is 36.8 Å². The SMILES string of the molecule is Fc1ccc(NC2CCN(CC(F)(F)F)CC2)c(F)c1. The van der Waals surface area contributed by atoms with Crippen LogP contribution in [0.2, 0.25) is 0 Å². The Morgan fingerprint density at radius 2 is 1.80 bits per heavy atom. The third kappa shape index (κ3) is 4.33. The molecule has 0 saturated carbocycles. The highest BCUT2D eigenvalue weighted by Gasteiger charge is 2.32. The molecule has 0 spiro atoms. The van der Waals surface area contributed by atoms with E-state index in [0.29, 0.717) is 25.9 Å². The number of nitrogens with zero attached hydrogens (tertiary/aromatic N) is 1. The molecule has 0 atom stereocenters. The summed E-state index contributed by atoms with van der Waals surface area (Å²) in [4.78, 5) is 1.33. The van der Waals surface area contributed by atoms with E-state index in [2.05, 4.69) is 5.32 Å². The van der Waals surface area contributed by atoms with Gasteiger partial charge in [0.05, 0.1) is 12.2 Å². The minimum Gasteiger partial charge on any atom is -0.380 e. The molecule has 1 N–H and O–H groups in total. The van der Waals surface area contributed by atoms with E-state index in [1.165, 1.54) is 11.0 Å². The van der Waals surface area contributed by atoms with E-state index >= 15 is 0 Å². The Hall–Kier alpha value is -1.37. The molecular formula is C13H15F5N2. The zero-order chi connectivity index (χ0) is 14.8. The summed E-state index contributed by atoms with van der Waals surface area (Å²) in [7, 11) is 0. The van der Waals surface area contributed by atoms with Crippen LogP contribution in [0.3, 0.4) is 0 Å². The van der Waals surface area contributed by atoms with Crippen LogP contribution in [0.1, 0.15) is 12.8 Å². The molecule has 0 aromatic heterocycles. The molecule has 20 heavy (non-hydrogen) atoms. The molecule has 1 aromatic rings. The van der Waals surface area contributed by atoms with Crippen molar-refractivity contribution in [1.82, 2.24) is 4.90 Å². The van der Waals surface area contributed by atoms with Gasteiger partial charge < -0.3 is 5.32 Å². The molecule has 1 saturated heterocycles. The van der Waals surface area contributed by atoms with Crippen molar-refractivity contribution in [3.05, 3.63) is 29.8 Å². The Morgan fingerprint density at radius 1 is 1.15 bits per heavy atom. The fourth-order valence-electron chi connectivity index (χ4n) is 2.32. The third-order valence-electron chi connectivity index (χ3n) is 3.28. The van der Waals surface area contributed by atoms with E-state index in [0.717, 1.165) is 12.1 Å². The van der Waals surface area contributed by atoms with Gasteiger partial charge in [0.25, 0.3) is 0 Å². The van der Waals surface area contributed by atoms with Gasteiger partial charge in [-0.1, -0.05) is 0 Å². The van der Waals surface area contributed by atoms with Gasteiger partial charge in [-0.15, -0.1) is 0 Å². The predicted molar refractivity (Wildman–Crippen MR) is 65.5 cm³/mol. The van der Waals surface area contributed by atoms with E-state index in [1.54, 1.807) is 0 Å². The second-order valence-corrected chi connectivity index (χ2v) is 4.93. The van der Waals surface area contributed by atoms with Crippen molar-refractivity contribution in [1.29, 1.82) is 0 Å². The van der Waals surface area contributed by atoms with Crippen LogP contribution in [0.4, 0.5) is 27.6 Å². The molecular weight excluding hydrogens is 279 g/mol. The summed E-state index contributed by atoms with van der Waals surface area (Å²) in [5.41, 5.74) is 0.181. The van der Waals surface area contributed by atoms with Gasteiger partial charge in [0.15, 0.2) is 0 Å². The zero-order valence-corrected chi connectivity index (χ0v) is 10.7. The number of benzene rings is 1. The van der Waals surface area contributed by atoms with Gasteiger partial charge in [-0.3, -0.25) is 4.90 Å². The molecule has 1 fully saturated rings. The van der Waals surface area contributed by atoms with Crippen LogP contribution >= 0.6 is 0 Å². The van der Waals surface area contributed by atoms with E-state index < -0.39 is 24.4 Å². The quantitative estimate of drug-likeness (QED) is 0.860. The molecule has 1 aromatic carbocycles. The molecule has 112 valence electrons. The molecule has 0 bridgehead atoms. The van der Waals surface area contributed by atoms with Crippen LogP contribution in [0, 0.1) is 11.6 Å². The lowest BCUT2D eigenvalue weighted by Crippen LogP contribution is -2.43. The normalized spacial score (nSPS) is 18.2. The first-order valence-corrected chi connectivity index (χ1v) is 6.34. The first-order valence-electron chi connectivity index (χ1n) is 6.34. The lowest BCUT2D eigenvalue weighted by Gasteiger charge is -2.33. The van der Waals surface area contributed by atoms with Crippen LogP contribution in [-0.2, 0) is 0 Å². The lowest BCUT2D eigenvalue weighted by molar-refractivity contribution is -0.147. The second-order valence-electron chi connectivity index (χ2n) is 4.93. The number of anilines is 1. The standard InChI is InChI=1S/C13H15F5N2/c14-9-1-2-12(11(15)7-9)19-10-3-5-20(6-4-10)8-13(16,17)18/h1-2,7,10,19H,3-6,8H2. The van der Waals surface area contributed by atoms with Crippen LogP contribution in [0.15, 0.2) is 18.2 Å². The Balaban J connectivity index is 1.85. The molecule has 1 aliphatic rings. The van der Waals surface area contributed by atoms with Gasteiger partial charge in [-0.25, -0.2) is 8.78 Å². The molecule has 0 unspecified atom stereocenters. The Kier molecular flexibility index (Phi) is 4.47. The smallest absolute Gasteiger partial charge is 0.380 e. The predicted octanol–water partition coefficient (Wildman–Crippen LogP) is 3.40. The maximum absolute atomic E-state index is 13.4. The molecule has 7 heteroatoms. The van der Waals surface area contributed by atoms with Crippen molar-refractivity contribution in [2.24, 2.45) is 0 Å². The van der Waals surface area contributed by atoms with E-state index in [-0.39, 0.29) is 11.7 Å². The molecule has 1 heterocycles. The minimum atomic E-state index is -4.19. The lowest BCUT2D eigenvalue weighted by atomic mass is 10.0. The van der Waals surface area contributed by atoms with Gasteiger partial charge in [-0.05, 0) is 25.0 Å². The van der Waals surface area contributed by atoms with Crippen LogP contribution < -0.4 is 5.32 Å². The largest absolute Gasteiger partial charge is 0.401 e. The van der Waals surface area contributed by atoms with Crippen molar-refractivity contribution in [3.8, 4) is 0 Å². The summed E-state index contributed by atoms with van der Waals surface area (Å²) in [5, 5.41) is 2.91. The third-order valence-corrected chi connectivity index (χ3v) is 3.28. The Bertz CT molecular complexity index is 453.